The molecule has 1 atom stereocenters. The smallest absolute Gasteiger partial charge is 0.122 e. The zero-order valence-electron chi connectivity index (χ0n) is 14.7. The molecule has 21 heavy (non-hydrogen) atoms. The molecule has 1 nitrogen and oxygen atoms in total. The summed E-state index contributed by atoms with van der Waals surface area (Å²) in [6.45, 7) is 10.7. The van der Waals surface area contributed by atoms with Gasteiger partial charge in [-0.05, 0) is 65.2 Å². The lowest BCUT2D eigenvalue weighted by atomic mass is 9.99. The first kappa shape index (κ1) is 20.0. The molecule has 0 spiro atoms. The maximum atomic E-state index is 9.73. The molecule has 0 heterocycles. The lowest BCUT2D eigenvalue weighted by Gasteiger charge is -2.14. The number of terminal acetylenes is 1. The minimum Gasteiger partial charge on any atom is -0.378 e. The molecule has 0 saturated heterocycles. The van der Waals surface area contributed by atoms with Crippen LogP contribution in [0.1, 0.15) is 79.6 Å². The fourth-order valence-electron chi connectivity index (χ4n) is 2.21. The van der Waals surface area contributed by atoms with E-state index in [0.717, 1.165) is 25.2 Å². The summed E-state index contributed by atoms with van der Waals surface area (Å²) in [5, 5.41) is 9.73. The predicted molar refractivity (Wildman–Crippen MR) is 94.1 cm³/mol. The van der Waals surface area contributed by atoms with Gasteiger partial charge in [0.05, 0.1) is 0 Å². The van der Waals surface area contributed by atoms with Crippen molar-refractivity contribution < 1.29 is 5.11 Å². The van der Waals surface area contributed by atoms with Crippen LogP contribution in [0.15, 0.2) is 23.3 Å². The van der Waals surface area contributed by atoms with Gasteiger partial charge in [0.15, 0.2) is 0 Å². The van der Waals surface area contributed by atoms with E-state index in [4.69, 9.17) is 6.42 Å². The van der Waals surface area contributed by atoms with Gasteiger partial charge in [-0.2, -0.15) is 0 Å². The Labute approximate surface area is 132 Å². The van der Waals surface area contributed by atoms with E-state index in [1.807, 2.05) is 0 Å². The Kier molecular flexibility index (Phi) is 10.2. The predicted octanol–water partition coefficient (Wildman–Crippen LogP) is 5.65. The molecular formula is C20H34O. The largest absolute Gasteiger partial charge is 0.378 e. The molecule has 0 aromatic carbocycles. The average molecular weight is 290 g/mol. The molecule has 0 aliphatic rings. The van der Waals surface area contributed by atoms with Crippen molar-refractivity contribution in [3.05, 3.63) is 23.3 Å². The van der Waals surface area contributed by atoms with Crippen LogP contribution in [0, 0.1) is 18.3 Å². The van der Waals surface area contributed by atoms with Crippen LogP contribution in [-0.2, 0) is 0 Å². The number of aliphatic hydroxyl groups is 1. The van der Waals surface area contributed by atoms with Gasteiger partial charge in [-0.25, -0.2) is 0 Å². The third-order valence-electron chi connectivity index (χ3n) is 3.82. The van der Waals surface area contributed by atoms with Gasteiger partial charge >= 0.3 is 0 Å². The van der Waals surface area contributed by atoms with Crippen LogP contribution in [0.25, 0.3) is 0 Å². The van der Waals surface area contributed by atoms with Crippen molar-refractivity contribution in [3.63, 3.8) is 0 Å². The number of allylic oxidation sites excluding steroid dienone is 4. The fraction of sp³-hybridized carbons (Fsp3) is 0.700. The molecular weight excluding hydrogens is 256 g/mol. The first-order valence-electron chi connectivity index (χ1n) is 8.28. The van der Waals surface area contributed by atoms with Gasteiger partial charge in [0.25, 0.3) is 0 Å². The van der Waals surface area contributed by atoms with Crippen LogP contribution < -0.4 is 0 Å². The van der Waals surface area contributed by atoms with E-state index in [1.165, 1.54) is 30.4 Å². The zero-order valence-corrected chi connectivity index (χ0v) is 14.7. The summed E-state index contributed by atoms with van der Waals surface area (Å²) < 4.78 is 0. The second-order valence-electron chi connectivity index (χ2n) is 6.88. The molecule has 0 aromatic rings. The first-order chi connectivity index (χ1) is 9.76. The summed E-state index contributed by atoms with van der Waals surface area (Å²) >= 11 is 0. The van der Waals surface area contributed by atoms with Crippen molar-refractivity contribution in [1.82, 2.24) is 0 Å². The van der Waals surface area contributed by atoms with Gasteiger partial charge in [-0.1, -0.05) is 49.5 Å². The van der Waals surface area contributed by atoms with Crippen molar-refractivity contribution in [1.29, 1.82) is 0 Å². The van der Waals surface area contributed by atoms with E-state index in [9.17, 15) is 5.11 Å². The molecule has 0 aliphatic heterocycles. The quantitative estimate of drug-likeness (QED) is 0.407. The van der Waals surface area contributed by atoms with Crippen molar-refractivity contribution in [2.24, 2.45) is 5.92 Å². The maximum Gasteiger partial charge on any atom is 0.122 e. The topological polar surface area (TPSA) is 20.2 Å². The second kappa shape index (κ2) is 10.7. The second-order valence-corrected chi connectivity index (χ2v) is 6.88. The molecule has 0 radical (unpaired) electrons. The zero-order chi connectivity index (χ0) is 16.3. The summed E-state index contributed by atoms with van der Waals surface area (Å²) in [4.78, 5) is 0. The van der Waals surface area contributed by atoms with E-state index in [0.29, 0.717) is 6.42 Å². The van der Waals surface area contributed by atoms with Crippen LogP contribution in [0.4, 0.5) is 0 Å². The number of rotatable bonds is 10. The Balaban J connectivity index is 3.91. The standard InChI is InChI=1S/C20H34O/c1-7-20(6,21)16-10-15-19(5)14-9-13-18(4)12-8-11-17(2)3/h1,13,15,17,21H,8-12,14,16H2,2-6H3/b18-13-,19-15+. The third-order valence-corrected chi connectivity index (χ3v) is 3.82. The summed E-state index contributed by atoms with van der Waals surface area (Å²) in [5.74, 6) is 3.23. The molecule has 0 saturated carbocycles. The Morgan fingerprint density at radius 3 is 2.29 bits per heavy atom. The molecule has 0 aromatic heterocycles. The molecule has 1 heteroatoms. The van der Waals surface area contributed by atoms with E-state index >= 15 is 0 Å². The lowest BCUT2D eigenvalue weighted by Crippen LogP contribution is -2.20. The van der Waals surface area contributed by atoms with Gasteiger partial charge in [0.2, 0.25) is 0 Å². The van der Waals surface area contributed by atoms with Crippen molar-refractivity contribution >= 4 is 0 Å². The molecule has 1 unspecified atom stereocenters. The highest BCUT2D eigenvalue weighted by atomic mass is 16.3. The van der Waals surface area contributed by atoms with Crippen LogP contribution >= 0.6 is 0 Å². The van der Waals surface area contributed by atoms with Crippen LogP contribution in [0.2, 0.25) is 0 Å². The maximum absolute atomic E-state index is 9.73. The van der Waals surface area contributed by atoms with Gasteiger partial charge in [0.1, 0.15) is 5.60 Å². The third kappa shape index (κ3) is 12.5. The van der Waals surface area contributed by atoms with Gasteiger partial charge < -0.3 is 5.11 Å². The Morgan fingerprint density at radius 1 is 1.14 bits per heavy atom. The summed E-state index contributed by atoms with van der Waals surface area (Å²) in [7, 11) is 0. The fourth-order valence-corrected chi connectivity index (χ4v) is 2.21. The van der Waals surface area contributed by atoms with Crippen LogP contribution in [0.3, 0.4) is 0 Å². The first-order valence-corrected chi connectivity index (χ1v) is 8.28. The monoisotopic (exact) mass is 290 g/mol. The highest BCUT2D eigenvalue weighted by molar-refractivity contribution is 5.07. The molecule has 1 N–H and O–H groups in total. The van der Waals surface area contributed by atoms with Crippen LogP contribution in [-0.4, -0.2) is 10.7 Å². The van der Waals surface area contributed by atoms with Gasteiger partial charge in [-0.3, -0.25) is 0 Å². The number of hydrogen-bond acceptors (Lipinski definition) is 1. The van der Waals surface area contributed by atoms with E-state index < -0.39 is 5.60 Å². The molecule has 0 aliphatic carbocycles. The molecule has 0 amide bonds. The lowest BCUT2D eigenvalue weighted by molar-refractivity contribution is 0.113. The summed E-state index contributed by atoms with van der Waals surface area (Å²) in [6, 6.07) is 0. The van der Waals surface area contributed by atoms with E-state index in [1.54, 1.807) is 6.92 Å². The normalized spacial score (nSPS) is 15.9. The summed E-state index contributed by atoms with van der Waals surface area (Å²) in [6.07, 6.45) is 17.4. The highest BCUT2D eigenvalue weighted by Crippen LogP contribution is 2.16. The Hall–Kier alpha value is -1.00. The molecule has 120 valence electrons. The van der Waals surface area contributed by atoms with Gasteiger partial charge in [-0.15, -0.1) is 6.42 Å². The SMILES string of the molecule is C#CC(C)(O)CC/C=C(\C)CC/C=C(/C)CCCC(C)C. The summed E-state index contributed by atoms with van der Waals surface area (Å²) in [5.41, 5.74) is 1.93. The van der Waals surface area contributed by atoms with Crippen molar-refractivity contribution in [3.8, 4) is 12.3 Å². The highest BCUT2D eigenvalue weighted by Gasteiger charge is 2.14. The average Bonchev–Trinajstić information content (AvgIpc) is 2.38. The minimum absolute atomic E-state index is 0.630. The number of hydrogen-bond donors (Lipinski definition) is 1. The molecule has 0 rings (SSSR count). The minimum atomic E-state index is -0.969. The molecule has 0 bridgehead atoms. The van der Waals surface area contributed by atoms with Gasteiger partial charge in [0, 0.05) is 0 Å². The molecule has 0 fully saturated rings. The Morgan fingerprint density at radius 2 is 1.71 bits per heavy atom. The van der Waals surface area contributed by atoms with Crippen molar-refractivity contribution in [2.45, 2.75) is 85.2 Å². The Bertz CT molecular complexity index is 377. The van der Waals surface area contributed by atoms with E-state index in [-0.39, 0.29) is 0 Å². The van der Waals surface area contributed by atoms with Crippen LogP contribution in [0.5, 0.6) is 0 Å². The van der Waals surface area contributed by atoms with Crippen molar-refractivity contribution in [2.75, 3.05) is 0 Å². The van der Waals surface area contributed by atoms with E-state index in [2.05, 4.69) is 45.8 Å².